The Balaban J connectivity index is 1.89. The molecule has 3 aromatic rings. The number of hydrogen-bond donors (Lipinski definition) is 1. The first-order valence-electron chi connectivity index (χ1n) is 7.87. The molecule has 0 spiro atoms. The molecule has 0 aliphatic rings. The number of halogens is 3. The maximum absolute atomic E-state index is 13.1. The van der Waals surface area contributed by atoms with Crippen molar-refractivity contribution >= 4 is 38.3 Å². The van der Waals surface area contributed by atoms with E-state index in [0.717, 1.165) is 15.9 Å². The van der Waals surface area contributed by atoms with E-state index in [-0.39, 0.29) is 11.0 Å². The molecule has 3 rings (SSSR count). The maximum atomic E-state index is 13.1. The van der Waals surface area contributed by atoms with E-state index in [1.807, 2.05) is 0 Å². The van der Waals surface area contributed by atoms with E-state index in [4.69, 9.17) is 9.47 Å². The predicted octanol–water partition coefficient (Wildman–Crippen LogP) is 4.74. The Bertz CT molecular complexity index is 997. The van der Waals surface area contributed by atoms with E-state index >= 15 is 0 Å². The normalized spacial score (nSPS) is 11.0. The van der Waals surface area contributed by atoms with Gasteiger partial charge in [0.1, 0.15) is 16.0 Å². The van der Waals surface area contributed by atoms with Crippen molar-refractivity contribution in [2.24, 2.45) is 0 Å². The van der Waals surface area contributed by atoms with E-state index in [1.165, 1.54) is 26.6 Å². The van der Waals surface area contributed by atoms with Gasteiger partial charge in [-0.05, 0) is 35.0 Å². The van der Waals surface area contributed by atoms with Crippen molar-refractivity contribution in [1.82, 2.24) is 14.5 Å². The molecule has 0 radical (unpaired) electrons. The second-order valence-corrected chi connectivity index (χ2v) is 7.31. The van der Waals surface area contributed by atoms with Crippen molar-refractivity contribution < 1.29 is 23.0 Å². The summed E-state index contributed by atoms with van der Waals surface area (Å²) in [6.07, 6.45) is 2.48. The van der Waals surface area contributed by atoms with Gasteiger partial charge in [0.2, 0.25) is 0 Å². The molecule has 0 fully saturated rings. The number of benzene rings is 1. The third-order valence-electron chi connectivity index (χ3n) is 3.81. The number of thiazole rings is 1. The standard InChI is InChI=1S/C17H15BrF2N4O3S/c1-8-13(14-21-4-5-24(14)16(19)20)28-17(22-8)23-15(25)9-6-10(26-2)12(18)11(7-9)27-3/h4-7,16H,1-3H3,(H,22,23,25). The second-order valence-electron chi connectivity index (χ2n) is 5.52. The summed E-state index contributed by atoms with van der Waals surface area (Å²) in [5.41, 5.74) is 0.778. The first-order valence-corrected chi connectivity index (χ1v) is 9.48. The van der Waals surface area contributed by atoms with Gasteiger partial charge in [0, 0.05) is 18.0 Å². The molecule has 0 aliphatic carbocycles. The van der Waals surface area contributed by atoms with E-state index in [9.17, 15) is 13.6 Å². The van der Waals surface area contributed by atoms with Crippen molar-refractivity contribution in [1.29, 1.82) is 0 Å². The van der Waals surface area contributed by atoms with Crippen LogP contribution in [0.2, 0.25) is 0 Å². The zero-order chi connectivity index (χ0) is 20.4. The minimum Gasteiger partial charge on any atom is -0.495 e. The number of anilines is 1. The molecule has 28 heavy (non-hydrogen) atoms. The third kappa shape index (κ3) is 3.85. The number of imidazole rings is 1. The van der Waals surface area contributed by atoms with Crippen LogP contribution in [0.5, 0.6) is 11.5 Å². The van der Waals surface area contributed by atoms with Crippen LogP contribution in [0.15, 0.2) is 29.0 Å². The molecule has 0 unspecified atom stereocenters. The largest absolute Gasteiger partial charge is 0.495 e. The fraction of sp³-hybridized carbons (Fsp3) is 0.235. The summed E-state index contributed by atoms with van der Waals surface area (Å²) in [6.45, 7) is -1.06. The van der Waals surface area contributed by atoms with Gasteiger partial charge in [-0.2, -0.15) is 8.78 Å². The van der Waals surface area contributed by atoms with Crippen LogP contribution in [0.25, 0.3) is 10.7 Å². The van der Waals surface area contributed by atoms with Crippen LogP contribution in [0.4, 0.5) is 13.9 Å². The molecule has 0 atom stereocenters. The molecule has 0 saturated heterocycles. The molecule has 0 aliphatic heterocycles. The number of nitrogens with zero attached hydrogens (tertiary/aromatic N) is 3. The highest BCUT2D eigenvalue weighted by Crippen LogP contribution is 2.37. The molecule has 1 amide bonds. The minimum atomic E-state index is -2.72. The van der Waals surface area contributed by atoms with Gasteiger partial charge in [-0.25, -0.2) is 9.97 Å². The van der Waals surface area contributed by atoms with Crippen LogP contribution < -0.4 is 14.8 Å². The predicted molar refractivity (Wildman–Crippen MR) is 105 cm³/mol. The lowest BCUT2D eigenvalue weighted by Crippen LogP contribution is -2.12. The maximum Gasteiger partial charge on any atom is 0.320 e. The SMILES string of the molecule is COc1cc(C(=O)Nc2nc(C)c(-c3nccn3C(F)F)s2)cc(OC)c1Br. The smallest absolute Gasteiger partial charge is 0.320 e. The van der Waals surface area contributed by atoms with Gasteiger partial charge in [0.25, 0.3) is 5.91 Å². The lowest BCUT2D eigenvalue weighted by molar-refractivity contribution is 0.0720. The van der Waals surface area contributed by atoms with Crippen LogP contribution in [0.1, 0.15) is 22.6 Å². The number of amides is 1. The van der Waals surface area contributed by atoms with Crippen LogP contribution >= 0.6 is 27.3 Å². The number of nitrogens with one attached hydrogen (secondary N) is 1. The summed E-state index contributed by atoms with van der Waals surface area (Å²) in [4.78, 5) is 21.3. The molecular formula is C17H15BrF2N4O3S. The van der Waals surface area contributed by atoms with Crippen LogP contribution in [0, 0.1) is 6.92 Å². The van der Waals surface area contributed by atoms with E-state index < -0.39 is 12.5 Å². The first-order chi connectivity index (χ1) is 13.3. The highest BCUT2D eigenvalue weighted by atomic mass is 79.9. The van der Waals surface area contributed by atoms with Gasteiger partial charge in [0.05, 0.1) is 24.8 Å². The Kier molecular flexibility index (Phi) is 5.94. The van der Waals surface area contributed by atoms with Gasteiger partial charge < -0.3 is 9.47 Å². The van der Waals surface area contributed by atoms with E-state index in [2.05, 4.69) is 31.2 Å². The average Bonchev–Trinajstić information content (AvgIpc) is 3.28. The van der Waals surface area contributed by atoms with Crippen molar-refractivity contribution in [3.8, 4) is 22.2 Å². The molecule has 0 saturated carbocycles. The number of methoxy groups -OCH3 is 2. The fourth-order valence-corrected chi connectivity index (χ4v) is 3.99. The van der Waals surface area contributed by atoms with Crippen LogP contribution in [-0.2, 0) is 0 Å². The first kappa shape index (κ1) is 20.2. The highest BCUT2D eigenvalue weighted by Gasteiger charge is 2.20. The fourth-order valence-electron chi connectivity index (χ4n) is 2.47. The second kappa shape index (κ2) is 8.23. The van der Waals surface area contributed by atoms with Gasteiger partial charge in [-0.15, -0.1) is 0 Å². The minimum absolute atomic E-state index is 0.0949. The monoisotopic (exact) mass is 472 g/mol. The van der Waals surface area contributed by atoms with Crippen molar-refractivity contribution in [3.63, 3.8) is 0 Å². The number of carbonyl (C=O) groups excluding carboxylic acids is 1. The number of aryl methyl sites for hydroxylation is 1. The van der Waals surface area contributed by atoms with Gasteiger partial charge >= 0.3 is 6.55 Å². The number of aromatic nitrogens is 3. The lowest BCUT2D eigenvalue weighted by atomic mass is 10.2. The average molecular weight is 473 g/mol. The van der Waals surface area contributed by atoms with E-state index in [0.29, 0.717) is 32.1 Å². The van der Waals surface area contributed by atoms with Crippen molar-refractivity contribution in [3.05, 3.63) is 40.3 Å². The number of rotatable bonds is 6. The summed E-state index contributed by atoms with van der Waals surface area (Å²) in [7, 11) is 2.95. The highest BCUT2D eigenvalue weighted by molar-refractivity contribution is 9.10. The topological polar surface area (TPSA) is 78.3 Å². The van der Waals surface area contributed by atoms with Crippen molar-refractivity contribution in [2.45, 2.75) is 13.5 Å². The lowest BCUT2D eigenvalue weighted by Gasteiger charge is -2.11. The Labute approximate surface area is 171 Å². The van der Waals surface area contributed by atoms with E-state index in [1.54, 1.807) is 19.1 Å². The number of carbonyl (C=O) groups is 1. The molecule has 7 nitrogen and oxygen atoms in total. The summed E-state index contributed by atoms with van der Waals surface area (Å²) in [6, 6.07) is 3.10. The summed E-state index contributed by atoms with van der Waals surface area (Å²) in [5, 5.41) is 2.94. The molecule has 1 aromatic carbocycles. The van der Waals surface area contributed by atoms with Crippen LogP contribution in [0.3, 0.4) is 0 Å². The molecule has 2 aromatic heterocycles. The molecular weight excluding hydrogens is 458 g/mol. The molecule has 0 bridgehead atoms. The third-order valence-corrected chi connectivity index (χ3v) is 5.66. The van der Waals surface area contributed by atoms with Crippen LogP contribution in [-0.4, -0.2) is 34.7 Å². The van der Waals surface area contributed by atoms with Gasteiger partial charge in [0.15, 0.2) is 11.0 Å². The molecule has 11 heteroatoms. The van der Waals surface area contributed by atoms with Gasteiger partial charge in [-0.3, -0.25) is 14.7 Å². The zero-order valence-corrected chi connectivity index (χ0v) is 17.4. The van der Waals surface area contributed by atoms with Crippen molar-refractivity contribution in [2.75, 3.05) is 19.5 Å². The summed E-state index contributed by atoms with van der Waals surface area (Å²) in [5.74, 6) is 0.512. The quantitative estimate of drug-likeness (QED) is 0.560. The Morgan fingerprint density at radius 1 is 1.29 bits per heavy atom. The number of alkyl halides is 2. The molecule has 2 heterocycles. The summed E-state index contributed by atoms with van der Waals surface area (Å²) < 4.78 is 38.0. The number of ether oxygens (including phenoxy) is 2. The van der Waals surface area contributed by atoms with Gasteiger partial charge in [-0.1, -0.05) is 11.3 Å². The Hall–Kier alpha value is -2.53. The Morgan fingerprint density at radius 2 is 1.93 bits per heavy atom. The molecule has 148 valence electrons. The molecule has 1 N–H and O–H groups in total. The summed E-state index contributed by atoms with van der Waals surface area (Å²) >= 11 is 4.41. The Morgan fingerprint density at radius 3 is 2.50 bits per heavy atom. The zero-order valence-electron chi connectivity index (χ0n) is 15.0. The number of hydrogen-bond acceptors (Lipinski definition) is 6.